The van der Waals surface area contributed by atoms with E-state index in [1.807, 2.05) is 12.1 Å². The monoisotopic (exact) mass is 386 g/mol. The Balaban J connectivity index is 3.21. The fourth-order valence-electron chi connectivity index (χ4n) is 1.25. The molecule has 15 heavy (non-hydrogen) atoms. The second-order valence-corrected chi connectivity index (χ2v) is 4.81. The number of halogens is 2. The third-order valence-corrected chi connectivity index (χ3v) is 3.55. The van der Waals surface area contributed by atoms with Crippen LogP contribution in [0, 0.1) is 3.57 Å². The predicted molar refractivity (Wildman–Crippen MR) is 70.2 cm³/mol. The lowest BCUT2D eigenvalue weighted by molar-refractivity contribution is -0.106. The number of benzene rings is 1. The second kappa shape index (κ2) is 6.03. The summed E-state index contributed by atoms with van der Waals surface area (Å²) >= 11 is 5.63. The van der Waals surface area contributed by atoms with Crippen LogP contribution in [0.25, 0.3) is 0 Å². The summed E-state index contributed by atoms with van der Waals surface area (Å²) in [4.78, 5) is 0. The standard InChI is InChI=1S/C10H12BrIO3/c1-13-8-5-6(11)4-7(9(8)12)10(14-2)15-3/h4-5,10H,1-3H3. The first-order valence-electron chi connectivity index (χ1n) is 4.22. The van der Waals surface area contributed by atoms with Gasteiger partial charge in [-0.3, -0.25) is 0 Å². The van der Waals surface area contributed by atoms with Crippen molar-refractivity contribution in [1.29, 1.82) is 0 Å². The van der Waals surface area contributed by atoms with Gasteiger partial charge < -0.3 is 14.2 Å². The molecule has 0 aliphatic heterocycles. The van der Waals surface area contributed by atoms with Gasteiger partial charge in [0.1, 0.15) is 5.75 Å². The van der Waals surface area contributed by atoms with Gasteiger partial charge in [-0.05, 0) is 34.7 Å². The van der Waals surface area contributed by atoms with E-state index in [-0.39, 0.29) is 6.29 Å². The molecule has 0 saturated heterocycles. The summed E-state index contributed by atoms with van der Waals surface area (Å²) in [6, 6.07) is 3.87. The molecule has 3 nitrogen and oxygen atoms in total. The van der Waals surface area contributed by atoms with Crippen LogP contribution in [0.4, 0.5) is 0 Å². The number of rotatable bonds is 4. The molecule has 0 aliphatic carbocycles. The summed E-state index contributed by atoms with van der Waals surface area (Å²) in [5, 5.41) is 0. The van der Waals surface area contributed by atoms with Crippen LogP contribution >= 0.6 is 38.5 Å². The quantitative estimate of drug-likeness (QED) is 0.586. The minimum absolute atomic E-state index is 0.372. The topological polar surface area (TPSA) is 27.7 Å². The summed E-state index contributed by atoms with van der Waals surface area (Å²) in [7, 11) is 4.86. The molecule has 0 heterocycles. The molecular weight excluding hydrogens is 375 g/mol. The molecule has 0 N–H and O–H groups in total. The molecular formula is C10H12BrIO3. The van der Waals surface area contributed by atoms with E-state index in [9.17, 15) is 0 Å². The summed E-state index contributed by atoms with van der Waals surface area (Å²) in [5.41, 5.74) is 0.951. The predicted octanol–water partition coefficient (Wildman–Crippen LogP) is 3.35. The molecule has 0 unspecified atom stereocenters. The van der Waals surface area contributed by atoms with Crippen molar-refractivity contribution >= 4 is 38.5 Å². The van der Waals surface area contributed by atoms with Crippen molar-refractivity contribution in [1.82, 2.24) is 0 Å². The largest absolute Gasteiger partial charge is 0.496 e. The first kappa shape index (κ1) is 13.2. The van der Waals surface area contributed by atoms with Crippen LogP contribution in [-0.4, -0.2) is 21.3 Å². The minimum atomic E-state index is -0.372. The van der Waals surface area contributed by atoms with Crippen LogP contribution in [0.15, 0.2) is 16.6 Å². The Labute approximate surface area is 111 Å². The molecule has 1 rings (SSSR count). The minimum Gasteiger partial charge on any atom is -0.496 e. The van der Waals surface area contributed by atoms with Gasteiger partial charge in [-0.15, -0.1) is 0 Å². The second-order valence-electron chi connectivity index (χ2n) is 2.81. The van der Waals surface area contributed by atoms with Crippen LogP contribution in [-0.2, 0) is 9.47 Å². The van der Waals surface area contributed by atoms with E-state index in [0.717, 1.165) is 19.4 Å². The summed E-state index contributed by atoms with van der Waals surface area (Å²) in [6.07, 6.45) is -0.372. The molecule has 5 heteroatoms. The average Bonchev–Trinajstić information content (AvgIpc) is 2.24. The normalized spacial score (nSPS) is 10.8. The molecule has 0 aliphatic rings. The lowest BCUT2D eigenvalue weighted by Crippen LogP contribution is -2.06. The van der Waals surface area contributed by atoms with Crippen molar-refractivity contribution in [3.8, 4) is 5.75 Å². The third-order valence-electron chi connectivity index (χ3n) is 1.93. The van der Waals surface area contributed by atoms with Crippen molar-refractivity contribution < 1.29 is 14.2 Å². The van der Waals surface area contributed by atoms with Gasteiger partial charge in [-0.25, -0.2) is 0 Å². The van der Waals surface area contributed by atoms with E-state index >= 15 is 0 Å². The van der Waals surface area contributed by atoms with E-state index in [0.29, 0.717) is 0 Å². The highest BCUT2D eigenvalue weighted by Crippen LogP contribution is 2.33. The Morgan fingerprint density at radius 2 is 1.80 bits per heavy atom. The Hall–Kier alpha value is 0.150. The van der Waals surface area contributed by atoms with E-state index in [2.05, 4.69) is 38.5 Å². The van der Waals surface area contributed by atoms with Gasteiger partial charge >= 0.3 is 0 Å². The number of methoxy groups -OCH3 is 3. The summed E-state index contributed by atoms with van der Waals surface area (Å²) < 4.78 is 17.6. The average molecular weight is 387 g/mol. The smallest absolute Gasteiger partial charge is 0.184 e. The van der Waals surface area contributed by atoms with E-state index in [4.69, 9.17) is 14.2 Å². The zero-order valence-corrected chi connectivity index (χ0v) is 12.5. The molecule has 84 valence electrons. The van der Waals surface area contributed by atoms with Gasteiger partial charge in [-0.1, -0.05) is 15.9 Å². The zero-order chi connectivity index (χ0) is 11.4. The first-order valence-corrected chi connectivity index (χ1v) is 6.09. The molecule has 0 aromatic heterocycles. The summed E-state index contributed by atoms with van der Waals surface area (Å²) in [5.74, 6) is 0.805. The van der Waals surface area contributed by atoms with Crippen LogP contribution in [0.2, 0.25) is 0 Å². The highest BCUT2D eigenvalue weighted by Gasteiger charge is 2.16. The SMILES string of the molecule is COc1cc(Br)cc(C(OC)OC)c1I. The lowest BCUT2D eigenvalue weighted by Gasteiger charge is -2.17. The van der Waals surface area contributed by atoms with Crippen LogP contribution in [0.1, 0.15) is 11.9 Å². The molecule has 0 atom stereocenters. The molecule has 0 bridgehead atoms. The van der Waals surface area contributed by atoms with Crippen molar-refractivity contribution in [2.24, 2.45) is 0 Å². The van der Waals surface area contributed by atoms with Crippen molar-refractivity contribution in [3.05, 3.63) is 25.7 Å². The molecule has 0 amide bonds. The number of ether oxygens (including phenoxy) is 3. The summed E-state index contributed by atoms with van der Waals surface area (Å²) in [6.45, 7) is 0. The van der Waals surface area contributed by atoms with Gasteiger partial charge in [0.15, 0.2) is 6.29 Å². The number of hydrogen-bond donors (Lipinski definition) is 0. The van der Waals surface area contributed by atoms with Crippen LogP contribution < -0.4 is 4.74 Å². The highest BCUT2D eigenvalue weighted by atomic mass is 127. The van der Waals surface area contributed by atoms with Crippen LogP contribution in [0.3, 0.4) is 0 Å². The van der Waals surface area contributed by atoms with Gasteiger partial charge in [-0.2, -0.15) is 0 Å². The lowest BCUT2D eigenvalue weighted by atomic mass is 10.2. The Kier molecular flexibility index (Phi) is 5.31. The molecule has 0 spiro atoms. The van der Waals surface area contributed by atoms with E-state index in [1.165, 1.54) is 0 Å². The highest BCUT2D eigenvalue weighted by molar-refractivity contribution is 14.1. The van der Waals surface area contributed by atoms with Crippen LogP contribution in [0.5, 0.6) is 5.75 Å². The number of hydrogen-bond acceptors (Lipinski definition) is 3. The van der Waals surface area contributed by atoms with Gasteiger partial charge in [0, 0.05) is 24.3 Å². The third kappa shape index (κ3) is 3.05. The van der Waals surface area contributed by atoms with E-state index < -0.39 is 0 Å². The van der Waals surface area contributed by atoms with E-state index in [1.54, 1.807) is 21.3 Å². The fourth-order valence-corrected chi connectivity index (χ4v) is 2.50. The zero-order valence-electron chi connectivity index (χ0n) is 8.71. The van der Waals surface area contributed by atoms with Crippen molar-refractivity contribution in [3.63, 3.8) is 0 Å². The molecule has 0 saturated carbocycles. The Morgan fingerprint density at radius 1 is 1.20 bits per heavy atom. The molecule has 1 aromatic carbocycles. The molecule has 0 radical (unpaired) electrons. The Morgan fingerprint density at radius 3 is 2.27 bits per heavy atom. The molecule has 0 fully saturated rings. The fraction of sp³-hybridized carbons (Fsp3) is 0.400. The Bertz CT molecular complexity index is 340. The van der Waals surface area contributed by atoms with Gasteiger partial charge in [0.05, 0.1) is 10.7 Å². The van der Waals surface area contributed by atoms with Crippen molar-refractivity contribution in [2.45, 2.75) is 6.29 Å². The van der Waals surface area contributed by atoms with Crippen molar-refractivity contribution in [2.75, 3.05) is 21.3 Å². The van der Waals surface area contributed by atoms with Gasteiger partial charge in [0.2, 0.25) is 0 Å². The maximum absolute atomic E-state index is 5.26. The van der Waals surface area contributed by atoms with Gasteiger partial charge in [0.25, 0.3) is 0 Å². The first-order chi connectivity index (χ1) is 7.13. The maximum atomic E-state index is 5.26. The maximum Gasteiger partial charge on any atom is 0.184 e. The molecule has 1 aromatic rings.